The minimum Gasteiger partial charge on any atom is -0.455 e. The third kappa shape index (κ3) is 4.91. The highest BCUT2D eigenvalue weighted by atomic mass is 35.5. The van der Waals surface area contributed by atoms with Gasteiger partial charge < -0.3 is 10.1 Å². The van der Waals surface area contributed by atoms with Crippen LogP contribution in [0, 0.1) is 11.6 Å². The largest absolute Gasteiger partial charge is 0.455 e. The first kappa shape index (κ1) is 18.2. The first-order valence-electron chi connectivity index (χ1n) is 6.70. The van der Waals surface area contributed by atoms with Crippen LogP contribution in [0.4, 0.5) is 14.5 Å². The molecule has 2 rings (SSSR count). The van der Waals surface area contributed by atoms with Crippen molar-refractivity contribution < 1.29 is 23.1 Å². The van der Waals surface area contributed by atoms with Crippen LogP contribution >= 0.6 is 23.2 Å². The van der Waals surface area contributed by atoms with Crippen LogP contribution in [0.3, 0.4) is 0 Å². The third-order valence-electron chi connectivity index (χ3n) is 2.95. The highest BCUT2D eigenvalue weighted by Crippen LogP contribution is 2.20. The SMILES string of the molecule is O=C(COC(=O)Cc1c(F)cccc1Cl)Nc1ccc(F)c(Cl)c1. The number of esters is 1. The second-order valence-electron chi connectivity index (χ2n) is 4.71. The average molecular weight is 374 g/mol. The first-order chi connectivity index (χ1) is 11.4. The summed E-state index contributed by atoms with van der Waals surface area (Å²) < 4.78 is 31.3. The van der Waals surface area contributed by atoms with E-state index >= 15 is 0 Å². The maximum absolute atomic E-state index is 13.6. The smallest absolute Gasteiger partial charge is 0.310 e. The van der Waals surface area contributed by atoms with E-state index in [0.717, 1.165) is 6.07 Å². The quantitative estimate of drug-likeness (QED) is 0.806. The summed E-state index contributed by atoms with van der Waals surface area (Å²) in [4.78, 5) is 23.3. The Labute approximate surface area is 146 Å². The molecule has 8 heteroatoms. The number of nitrogens with one attached hydrogen (secondary N) is 1. The Balaban J connectivity index is 1.87. The molecule has 2 aromatic carbocycles. The lowest BCUT2D eigenvalue weighted by Crippen LogP contribution is -2.22. The Bertz CT molecular complexity index is 764. The summed E-state index contributed by atoms with van der Waals surface area (Å²) in [6.45, 7) is -0.583. The second-order valence-corrected chi connectivity index (χ2v) is 5.53. The second kappa shape index (κ2) is 8.08. The van der Waals surface area contributed by atoms with Crippen LogP contribution in [0.5, 0.6) is 0 Å². The van der Waals surface area contributed by atoms with Crippen molar-refractivity contribution in [2.24, 2.45) is 0 Å². The minimum atomic E-state index is -0.811. The van der Waals surface area contributed by atoms with Crippen molar-refractivity contribution in [2.45, 2.75) is 6.42 Å². The molecule has 24 heavy (non-hydrogen) atoms. The Morgan fingerprint density at radius 2 is 1.79 bits per heavy atom. The standard InChI is InChI=1S/C16H11Cl2F2NO3/c17-11-2-1-3-13(19)10(11)7-16(23)24-8-15(22)21-9-4-5-14(20)12(18)6-9/h1-6H,7-8H2,(H,21,22). The highest BCUT2D eigenvalue weighted by molar-refractivity contribution is 6.31. The van der Waals surface area contributed by atoms with Crippen LogP contribution < -0.4 is 5.32 Å². The normalized spacial score (nSPS) is 10.3. The number of carbonyl (C=O) groups excluding carboxylic acids is 2. The monoisotopic (exact) mass is 373 g/mol. The van der Waals surface area contributed by atoms with E-state index in [9.17, 15) is 18.4 Å². The molecule has 2 aromatic rings. The Kier molecular flexibility index (Phi) is 6.11. The summed E-state index contributed by atoms with van der Waals surface area (Å²) in [7, 11) is 0. The van der Waals surface area contributed by atoms with Gasteiger partial charge in [-0.15, -0.1) is 0 Å². The Hall–Kier alpha value is -2.18. The average Bonchev–Trinajstić information content (AvgIpc) is 2.53. The lowest BCUT2D eigenvalue weighted by Gasteiger charge is -2.08. The van der Waals surface area contributed by atoms with Gasteiger partial charge in [-0.3, -0.25) is 9.59 Å². The van der Waals surface area contributed by atoms with Crippen molar-refractivity contribution in [1.29, 1.82) is 0 Å². The molecule has 126 valence electrons. The number of ether oxygens (including phenoxy) is 1. The number of hydrogen-bond donors (Lipinski definition) is 1. The molecule has 0 aliphatic carbocycles. The predicted molar refractivity (Wildman–Crippen MR) is 86.1 cm³/mol. The van der Waals surface area contributed by atoms with Crippen LogP contribution in [-0.4, -0.2) is 18.5 Å². The summed E-state index contributed by atoms with van der Waals surface area (Å²) in [6, 6.07) is 7.63. The number of anilines is 1. The Morgan fingerprint density at radius 1 is 1.04 bits per heavy atom. The molecule has 0 aliphatic rings. The molecule has 0 aromatic heterocycles. The topological polar surface area (TPSA) is 55.4 Å². The van der Waals surface area contributed by atoms with E-state index in [4.69, 9.17) is 27.9 Å². The fraction of sp³-hybridized carbons (Fsp3) is 0.125. The van der Waals surface area contributed by atoms with Gasteiger partial charge in [0.15, 0.2) is 6.61 Å². The number of benzene rings is 2. The van der Waals surface area contributed by atoms with Gasteiger partial charge in [0, 0.05) is 16.3 Å². The van der Waals surface area contributed by atoms with Gasteiger partial charge in [-0.1, -0.05) is 29.3 Å². The molecule has 0 bridgehead atoms. The van der Waals surface area contributed by atoms with Crippen LogP contribution in [0.25, 0.3) is 0 Å². The number of amides is 1. The number of hydrogen-bond acceptors (Lipinski definition) is 3. The molecule has 0 saturated carbocycles. The van der Waals surface area contributed by atoms with Gasteiger partial charge in [0.25, 0.3) is 5.91 Å². The molecule has 1 amide bonds. The molecule has 0 unspecified atom stereocenters. The van der Waals surface area contributed by atoms with E-state index in [0.29, 0.717) is 0 Å². The molecule has 0 heterocycles. The van der Waals surface area contributed by atoms with Crippen LogP contribution in [-0.2, 0) is 20.7 Å². The van der Waals surface area contributed by atoms with Gasteiger partial charge >= 0.3 is 5.97 Å². The van der Waals surface area contributed by atoms with Crippen molar-refractivity contribution in [3.8, 4) is 0 Å². The number of rotatable bonds is 5. The van der Waals surface area contributed by atoms with E-state index in [1.54, 1.807) is 0 Å². The van der Waals surface area contributed by atoms with Gasteiger partial charge in [-0.25, -0.2) is 8.78 Å². The van der Waals surface area contributed by atoms with Gasteiger partial charge in [0.05, 0.1) is 11.4 Å². The fourth-order valence-electron chi connectivity index (χ4n) is 1.81. The minimum absolute atomic E-state index is 0.00473. The molecule has 0 atom stereocenters. The lowest BCUT2D eigenvalue weighted by molar-refractivity contribution is -0.146. The highest BCUT2D eigenvalue weighted by Gasteiger charge is 2.14. The van der Waals surface area contributed by atoms with E-state index in [1.807, 2.05) is 0 Å². The third-order valence-corrected chi connectivity index (χ3v) is 3.59. The molecule has 4 nitrogen and oxygen atoms in total. The maximum Gasteiger partial charge on any atom is 0.310 e. The van der Waals surface area contributed by atoms with Crippen LogP contribution in [0.15, 0.2) is 36.4 Å². The van der Waals surface area contributed by atoms with Crippen LogP contribution in [0.1, 0.15) is 5.56 Å². The zero-order valence-electron chi connectivity index (χ0n) is 12.1. The van der Waals surface area contributed by atoms with E-state index in [1.165, 1.54) is 30.3 Å². The van der Waals surface area contributed by atoms with E-state index < -0.39 is 36.5 Å². The summed E-state index contributed by atoms with van der Waals surface area (Å²) in [5.41, 5.74) is 0.245. The summed E-state index contributed by atoms with van der Waals surface area (Å²) in [6.07, 6.45) is -0.402. The summed E-state index contributed by atoms with van der Waals surface area (Å²) in [5, 5.41) is 2.33. The molecular formula is C16H11Cl2F2NO3. The lowest BCUT2D eigenvalue weighted by atomic mass is 10.1. The van der Waals surface area contributed by atoms with Gasteiger partial charge in [0.1, 0.15) is 11.6 Å². The number of carbonyl (C=O) groups is 2. The first-order valence-corrected chi connectivity index (χ1v) is 7.46. The molecule has 0 radical (unpaired) electrons. The fourth-order valence-corrected chi connectivity index (χ4v) is 2.22. The summed E-state index contributed by atoms with van der Waals surface area (Å²) >= 11 is 11.4. The van der Waals surface area contributed by atoms with Gasteiger partial charge in [-0.2, -0.15) is 0 Å². The number of halogens is 4. The van der Waals surface area contributed by atoms with Crippen molar-refractivity contribution in [2.75, 3.05) is 11.9 Å². The zero-order chi connectivity index (χ0) is 17.7. The Morgan fingerprint density at radius 3 is 2.46 bits per heavy atom. The molecule has 0 spiro atoms. The van der Waals surface area contributed by atoms with Gasteiger partial charge in [-0.05, 0) is 30.3 Å². The predicted octanol–water partition coefficient (Wildman–Crippen LogP) is 4.00. The molecule has 0 aliphatic heterocycles. The molecule has 1 N–H and O–H groups in total. The molecular weight excluding hydrogens is 363 g/mol. The van der Waals surface area contributed by atoms with Crippen molar-refractivity contribution in [3.63, 3.8) is 0 Å². The van der Waals surface area contributed by atoms with Crippen molar-refractivity contribution >= 4 is 40.8 Å². The summed E-state index contributed by atoms with van der Waals surface area (Å²) in [5.74, 6) is -2.72. The molecule has 0 saturated heterocycles. The molecule has 0 fully saturated rings. The van der Waals surface area contributed by atoms with Crippen LogP contribution in [0.2, 0.25) is 10.0 Å². The van der Waals surface area contributed by atoms with E-state index in [2.05, 4.69) is 5.32 Å². The van der Waals surface area contributed by atoms with E-state index in [-0.39, 0.29) is 21.3 Å². The van der Waals surface area contributed by atoms with Crippen molar-refractivity contribution in [1.82, 2.24) is 0 Å². The zero-order valence-corrected chi connectivity index (χ0v) is 13.6. The van der Waals surface area contributed by atoms with Gasteiger partial charge in [0.2, 0.25) is 0 Å². The maximum atomic E-state index is 13.6. The van der Waals surface area contributed by atoms with Crippen molar-refractivity contribution in [3.05, 3.63) is 63.6 Å².